The van der Waals surface area contributed by atoms with Crippen LogP contribution in [0.3, 0.4) is 0 Å². The number of carbonyl (C=O) groups is 1. The molecule has 0 radical (unpaired) electrons. The molecule has 5 heteroatoms. The van der Waals surface area contributed by atoms with Gasteiger partial charge in [-0.2, -0.15) is 0 Å². The van der Waals surface area contributed by atoms with Crippen LogP contribution >= 0.6 is 0 Å². The monoisotopic (exact) mass is 355 g/mol. The van der Waals surface area contributed by atoms with Crippen molar-refractivity contribution in [3.8, 4) is 17.2 Å². The van der Waals surface area contributed by atoms with E-state index in [9.17, 15) is 4.79 Å². The minimum absolute atomic E-state index is 0.0667. The van der Waals surface area contributed by atoms with Crippen LogP contribution in [-0.2, 0) is 11.2 Å². The molecule has 3 rings (SSSR count). The minimum Gasteiger partial charge on any atom is -0.492 e. The fourth-order valence-corrected chi connectivity index (χ4v) is 3.16. The van der Waals surface area contributed by atoms with E-state index in [0.29, 0.717) is 23.8 Å². The second-order valence-corrected chi connectivity index (χ2v) is 6.68. The van der Waals surface area contributed by atoms with Crippen molar-refractivity contribution in [1.29, 1.82) is 0 Å². The third-order valence-corrected chi connectivity index (χ3v) is 4.14. The Morgan fingerprint density at radius 2 is 1.88 bits per heavy atom. The van der Waals surface area contributed by atoms with Gasteiger partial charge in [0.05, 0.1) is 12.3 Å². The normalized spacial score (nSPS) is 15.2. The van der Waals surface area contributed by atoms with Crippen molar-refractivity contribution < 1.29 is 19.0 Å². The lowest BCUT2D eigenvalue weighted by molar-refractivity contribution is -0.118. The summed E-state index contributed by atoms with van der Waals surface area (Å²) in [5.41, 5.74) is 3.91. The first-order chi connectivity index (χ1) is 12.4. The zero-order chi connectivity index (χ0) is 18.7. The Bertz CT molecular complexity index is 796. The average molecular weight is 355 g/mol. The Labute approximate surface area is 154 Å². The number of hydrogen-bond acceptors (Lipinski definition) is 4. The van der Waals surface area contributed by atoms with E-state index >= 15 is 0 Å². The van der Waals surface area contributed by atoms with E-state index in [1.807, 2.05) is 52.0 Å². The molecule has 0 spiro atoms. The van der Waals surface area contributed by atoms with Gasteiger partial charge in [0.15, 0.2) is 6.61 Å². The first-order valence-electron chi connectivity index (χ1n) is 8.92. The van der Waals surface area contributed by atoms with Gasteiger partial charge in [-0.3, -0.25) is 4.79 Å². The van der Waals surface area contributed by atoms with Crippen LogP contribution in [0.15, 0.2) is 30.3 Å². The lowest BCUT2D eigenvalue weighted by atomic mass is 10.1. The molecule has 0 fully saturated rings. The summed E-state index contributed by atoms with van der Waals surface area (Å²) >= 11 is 0. The lowest BCUT2D eigenvalue weighted by Gasteiger charge is -2.14. The zero-order valence-corrected chi connectivity index (χ0v) is 15.7. The smallest absolute Gasteiger partial charge is 0.262 e. The Kier molecular flexibility index (Phi) is 5.35. The number of rotatable bonds is 6. The lowest BCUT2D eigenvalue weighted by Crippen LogP contribution is -2.20. The van der Waals surface area contributed by atoms with Gasteiger partial charge in [-0.1, -0.05) is 6.07 Å². The number of carbonyl (C=O) groups excluding carboxylic acids is 1. The molecule has 2 aromatic rings. The van der Waals surface area contributed by atoms with Gasteiger partial charge < -0.3 is 19.5 Å². The fraction of sp³-hybridized carbons (Fsp3) is 0.381. The highest BCUT2D eigenvalue weighted by molar-refractivity contribution is 5.93. The summed E-state index contributed by atoms with van der Waals surface area (Å²) in [7, 11) is 0. The van der Waals surface area contributed by atoms with Gasteiger partial charge in [0.2, 0.25) is 0 Å². The summed E-state index contributed by atoms with van der Waals surface area (Å²) < 4.78 is 17.1. The molecule has 1 aliphatic heterocycles. The summed E-state index contributed by atoms with van der Waals surface area (Å²) in [6, 6.07) is 9.67. The van der Waals surface area contributed by atoms with E-state index in [-0.39, 0.29) is 18.6 Å². The van der Waals surface area contributed by atoms with Gasteiger partial charge in [-0.25, -0.2) is 0 Å². The van der Waals surface area contributed by atoms with E-state index in [1.165, 1.54) is 0 Å². The molecule has 0 aliphatic carbocycles. The van der Waals surface area contributed by atoms with Gasteiger partial charge >= 0.3 is 0 Å². The molecule has 5 nitrogen and oxygen atoms in total. The second-order valence-electron chi connectivity index (χ2n) is 6.68. The molecular weight excluding hydrogens is 330 g/mol. The zero-order valence-electron chi connectivity index (χ0n) is 15.7. The molecule has 0 saturated heterocycles. The van der Waals surface area contributed by atoms with Gasteiger partial charge in [0, 0.05) is 18.1 Å². The molecule has 0 bridgehead atoms. The van der Waals surface area contributed by atoms with E-state index in [1.54, 1.807) is 0 Å². The van der Waals surface area contributed by atoms with Gasteiger partial charge in [0.25, 0.3) is 5.91 Å². The van der Waals surface area contributed by atoms with Crippen molar-refractivity contribution in [1.82, 2.24) is 0 Å². The number of nitrogens with one attached hydrogen (secondary N) is 1. The van der Waals surface area contributed by atoms with Crippen LogP contribution in [-0.4, -0.2) is 25.2 Å². The Morgan fingerprint density at radius 3 is 2.58 bits per heavy atom. The van der Waals surface area contributed by atoms with Gasteiger partial charge in [0.1, 0.15) is 23.4 Å². The van der Waals surface area contributed by atoms with Crippen LogP contribution < -0.4 is 19.5 Å². The van der Waals surface area contributed by atoms with E-state index in [0.717, 1.165) is 28.9 Å². The molecule has 2 aromatic carbocycles. The average Bonchev–Trinajstić information content (AvgIpc) is 2.91. The minimum atomic E-state index is -0.240. The van der Waals surface area contributed by atoms with Gasteiger partial charge in [-0.15, -0.1) is 0 Å². The highest BCUT2D eigenvalue weighted by Crippen LogP contribution is 2.38. The predicted octanol–water partition coefficient (Wildman–Crippen LogP) is 4.04. The van der Waals surface area contributed by atoms with Crippen LogP contribution in [0, 0.1) is 13.8 Å². The molecule has 138 valence electrons. The summed E-state index contributed by atoms with van der Waals surface area (Å²) in [5.74, 6) is 1.90. The highest BCUT2D eigenvalue weighted by atomic mass is 16.5. The second kappa shape index (κ2) is 7.68. The van der Waals surface area contributed by atoms with Gasteiger partial charge in [-0.05, 0) is 57.0 Å². The molecule has 1 heterocycles. The largest absolute Gasteiger partial charge is 0.492 e. The maximum absolute atomic E-state index is 12.3. The SMILES string of the molecule is CCOc1cc2c(cc1NC(=O)COc1cc(C)cc(C)c1)O[C@@H](C)C2. The number of amides is 1. The molecule has 0 aromatic heterocycles. The molecule has 0 saturated carbocycles. The summed E-state index contributed by atoms with van der Waals surface area (Å²) in [4.78, 5) is 12.3. The third kappa shape index (κ3) is 4.28. The Morgan fingerprint density at radius 1 is 1.15 bits per heavy atom. The first-order valence-corrected chi connectivity index (χ1v) is 8.92. The highest BCUT2D eigenvalue weighted by Gasteiger charge is 2.22. The van der Waals surface area contributed by atoms with Crippen LogP contribution in [0.4, 0.5) is 5.69 Å². The first kappa shape index (κ1) is 18.1. The third-order valence-electron chi connectivity index (χ3n) is 4.14. The maximum atomic E-state index is 12.3. The molecular formula is C21H25NO4. The standard InChI is InChI=1S/C21H25NO4/c1-5-24-20-10-16-9-15(4)26-19(16)11-18(20)22-21(23)12-25-17-7-13(2)6-14(3)8-17/h6-8,10-11,15H,5,9,12H2,1-4H3,(H,22,23)/t15-/m0/s1. The number of ether oxygens (including phenoxy) is 3. The summed E-state index contributed by atoms with van der Waals surface area (Å²) in [5, 5.41) is 2.87. The van der Waals surface area contributed by atoms with Crippen molar-refractivity contribution in [2.75, 3.05) is 18.5 Å². The molecule has 1 amide bonds. The summed E-state index contributed by atoms with van der Waals surface area (Å²) in [6.07, 6.45) is 0.984. The van der Waals surface area contributed by atoms with Crippen molar-refractivity contribution in [3.05, 3.63) is 47.0 Å². The molecule has 1 atom stereocenters. The molecule has 1 N–H and O–H groups in total. The Hall–Kier alpha value is -2.69. The van der Waals surface area contributed by atoms with Crippen LogP contribution in [0.2, 0.25) is 0 Å². The summed E-state index contributed by atoms with van der Waals surface area (Å²) in [6.45, 7) is 8.40. The molecule has 1 aliphatic rings. The predicted molar refractivity (Wildman–Crippen MR) is 101 cm³/mol. The van der Waals surface area contributed by atoms with Crippen molar-refractivity contribution >= 4 is 11.6 Å². The number of anilines is 1. The van der Waals surface area contributed by atoms with Crippen molar-refractivity contribution in [2.45, 2.75) is 40.2 Å². The van der Waals surface area contributed by atoms with E-state index < -0.39 is 0 Å². The van der Waals surface area contributed by atoms with E-state index in [2.05, 4.69) is 11.4 Å². The van der Waals surface area contributed by atoms with Crippen LogP contribution in [0.1, 0.15) is 30.5 Å². The van der Waals surface area contributed by atoms with Crippen LogP contribution in [0.25, 0.3) is 0 Å². The number of hydrogen-bond donors (Lipinski definition) is 1. The van der Waals surface area contributed by atoms with Crippen molar-refractivity contribution in [3.63, 3.8) is 0 Å². The number of fused-ring (bicyclic) bond motifs is 1. The quantitative estimate of drug-likeness (QED) is 0.849. The maximum Gasteiger partial charge on any atom is 0.262 e. The number of aryl methyl sites for hydroxylation is 2. The van der Waals surface area contributed by atoms with Crippen LogP contribution in [0.5, 0.6) is 17.2 Å². The molecule has 0 unspecified atom stereocenters. The Balaban J connectivity index is 1.69. The topological polar surface area (TPSA) is 56.8 Å². The van der Waals surface area contributed by atoms with Crippen molar-refractivity contribution in [2.24, 2.45) is 0 Å². The van der Waals surface area contributed by atoms with E-state index in [4.69, 9.17) is 14.2 Å². The number of benzene rings is 2. The fourth-order valence-electron chi connectivity index (χ4n) is 3.16. The molecule has 26 heavy (non-hydrogen) atoms.